The predicted octanol–water partition coefficient (Wildman–Crippen LogP) is 5.52. The van der Waals surface area contributed by atoms with Gasteiger partial charge in [0.25, 0.3) is 0 Å². The highest BCUT2D eigenvalue weighted by molar-refractivity contribution is 5.14. The van der Waals surface area contributed by atoms with E-state index < -0.39 is 0 Å². The van der Waals surface area contributed by atoms with E-state index in [0.29, 0.717) is 0 Å². The van der Waals surface area contributed by atoms with Gasteiger partial charge in [-0.1, -0.05) is 0 Å². The van der Waals surface area contributed by atoms with Crippen LogP contribution >= 0.6 is 0 Å². The lowest BCUT2D eigenvalue weighted by atomic mass is 9.35. The van der Waals surface area contributed by atoms with Crippen LogP contribution < -0.4 is 0 Å². The van der Waals surface area contributed by atoms with Gasteiger partial charge < -0.3 is 5.11 Å². The lowest BCUT2D eigenvalue weighted by molar-refractivity contribution is -0.212. The predicted molar refractivity (Wildman–Crippen MR) is 103 cm³/mol. The van der Waals surface area contributed by atoms with Gasteiger partial charge in [-0.15, -0.1) is 0 Å². The third-order valence-electron chi connectivity index (χ3n) is 11.6. The second-order valence-electron chi connectivity index (χ2n) is 12.0. The first-order valence-electron chi connectivity index (χ1n) is 12.5. The van der Waals surface area contributed by atoms with E-state index in [-0.39, 0.29) is 6.10 Å². The standard InChI is InChI=1S/C25H38O/c26-19-11-17-9-7-15-5-3-13-1-2-14-4-6-16-8-10-18(12-19)25-23(16)21(14)20(13)22(15)24(17)25/h13-26H,1-12H2. The summed E-state index contributed by atoms with van der Waals surface area (Å²) in [6.07, 6.45) is 17.8. The number of hydrogen-bond acceptors (Lipinski definition) is 1. The normalized spacial score (nSPS) is 65.2. The van der Waals surface area contributed by atoms with Crippen LogP contribution in [0.2, 0.25) is 0 Å². The summed E-state index contributed by atoms with van der Waals surface area (Å²) in [6.45, 7) is 0. The summed E-state index contributed by atoms with van der Waals surface area (Å²) < 4.78 is 0. The van der Waals surface area contributed by atoms with Crippen molar-refractivity contribution in [3.8, 4) is 0 Å². The largest absolute Gasteiger partial charge is 0.393 e. The van der Waals surface area contributed by atoms with Gasteiger partial charge in [0.05, 0.1) is 6.10 Å². The van der Waals surface area contributed by atoms with E-state index in [1.807, 2.05) is 0 Å². The number of aliphatic hydroxyl groups excluding tert-OH is 1. The van der Waals surface area contributed by atoms with E-state index in [2.05, 4.69) is 0 Å². The van der Waals surface area contributed by atoms with Crippen LogP contribution in [-0.2, 0) is 0 Å². The molecule has 12 atom stereocenters. The molecule has 26 heavy (non-hydrogen) atoms. The van der Waals surface area contributed by atoms with Gasteiger partial charge in [0.1, 0.15) is 0 Å². The van der Waals surface area contributed by atoms with Gasteiger partial charge >= 0.3 is 0 Å². The minimum atomic E-state index is 0.0319. The summed E-state index contributed by atoms with van der Waals surface area (Å²) in [4.78, 5) is 0. The van der Waals surface area contributed by atoms with Crippen molar-refractivity contribution in [3.05, 3.63) is 0 Å². The van der Waals surface area contributed by atoms with Crippen LogP contribution in [0.25, 0.3) is 0 Å². The Morgan fingerprint density at radius 3 is 0.885 bits per heavy atom. The average molecular weight is 355 g/mol. The van der Waals surface area contributed by atoms with Gasteiger partial charge in [0.15, 0.2) is 0 Å². The maximum atomic E-state index is 10.9. The SMILES string of the molecule is OC1CC2CCC3CCC4CCC5CCC6CCC(C1)C1C6C5C4C3C21. The van der Waals surface area contributed by atoms with Crippen molar-refractivity contribution in [1.82, 2.24) is 0 Å². The Morgan fingerprint density at radius 2 is 0.577 bits per heavy atom. The summed E-state index contributed by atoms with van der Waals surface area (Å²) in [7, 11) is 0. The van der Waals surface area contributed by atoms with Crippen molar-refractivity contribution in [2.45, 2.75) is 83.2 Å². The molecule has 1 nitrogen and oxygen atoms in total. The highest BCUT2D eigenvalue weighted by Gasteiger charge is 2.65. The van der Waals surface area contributed by atoms with Crippen LogP contribution in [0, 0.1) is 71.0 Å². The van der Waals surface area contributed by atoms with Gasteiger partial charge in [-0.2, -0.15) is 0 Å². The van der Waals surface area contributed by atoms with Gasteiger partial charge in [0, 0.05) is 0 Å². The van der Waals surface area contributed by atoms with Gasteiger partial charge in [-0.3, -0.25) is 0 Å². The Kier molecular flexibility index (Phi) is 3.36. The molecular formula is C25H38O. The van der Waals surface area contributed by atoms with Crippen LogP contribution in [0.4, 0.5) is 0 Å². The fraction of sp³-hybridized carbons (Fsp3) is 1.00. The van der Waals surface area contributed by atoms with Crippen LogP contribution in [0.5, 0.6) is 0 Å². The molecular weight excluding hydrogens is 316 g/mol. The average Bonchev–Trinajstić information content (AvgIpc) is 2.82. The fourth-order valence-corrected chi connectivity index (χ4v) is 11.3. The van der Waals surface area contributed by atoms with E-state index in [1.165, 1.54) is 38.5 Å². The molecule has 0 aromatic rings. The van der Waals surface area contributed by atoms with Crippen LogP contribution in [0.15, 0.2) is 0 Å². The van der Waals surface area contributed by atoms with Gasteiger partial charge in [-0.05, 0) is 148 Å². The molecule has 0 bridgehead atoms. The van der Waals surface area contributed by atoms with E-state index in [1.54, 1.807) is 38.5 Å². The highest BCUT2D eigenvalue weighted by Crippen LogP contribution is 2.72. The monoisotopic (exact) mass is 354 g/mol. The molecule has 1 N–H and O–H groups in total. The molecule has 0 saturated heterocycles. The van der Waals surface area contributed by atoms with E-state index >= 15 is 0 Å². The van der Waals surface area contributed by atoms with Gasteiger partial charge in [0.2, 0.25) is 0 Å². The Balaban J connectivity index is 1.41. The van der Waals surface area contributed by atoms with Crippen molar-refractivity contribution >= 4 is 0 Å². The smallest absolute Gasteiger partial charge is 0.0545 e. The lowest BCUT2D eigenvalue weighted by Crippen LogP contribution is -2.63. The molecule has 7 aliphatic carbocycles. The first-order chi connectivity index (χ1) is 12.8. The maximum Gasteiger partial charge on any atom is 0.0545 e. The quantitative estimate of drug-likeness (QED) is 0.607. The second-order valence-corrected chi connectivity index (χ2v) is 12.0. The molecule has 7 aliphatic rings. The zero-order valence-electron chi connectivity index (χ0n) is 16.4. The minimum Gasteiger partial charge on any atom is -0.393 e. The molecule has 1 heteroatoms. The molecule has 0 aliphatic heterocycles. The Bertz CT molecular complexity index is 531. The first kappa shape index (κ1) is 15.8. The minimum absolute atomic E-state index is 0.0319. The summed E-state index contributed by atoms with van der Waals surface area (Å²) in [5, 5.41) is 10.9. The third kappa shape index (κ3) is 1.93. The Hall–Kier alpha value is -0.0400. The van der Waals surface area contributed by atoms with Crippen LogP contribution in [0.3, 0.4) is 0 Å². The molecule has 0 amide bonds. The molecule has 0 radical (unpaired) electrons. The molecule has 12 unspecified atom stereocenters. The van der Waals surface area contributed by atoms with Crippen LogP contribution in [-0.4, -0.2) is 11.2 Å². The Labute approximate surface area is 159 Å². The summed E-state index contributed by atoms with van der Waals surface area (Å²) in [6, 6.07) is 0. The summed E-state index contributed by atoms with van der Waals surface area (Å²) >= 11 is 0. The zero-order valence-corrected chi connectivity index (χ0v) is 16.4. The van der Waals surface area contributed by atoms with Crippen molar-refractivity contribution in [2.75, 3.05) is 0 Å². The maximum absolute atomic E-state index is 10.9. The van der Waals surface area contributed by atoms with E-state index in [4.69, 9.17) is 0 Å². The van der Waals surface area contributed by atoms with Crippen molar-refractivity contribution < 1.29 is 5.11 Å². The van der Waals surface area contributed by atoms with E-state index in [0.717, 1.165) is 71.0 Å². The number of hydrogen-bond donors (Lipinski definition) is 1. The van der Waals surface area contributed by atoms with Crippen molar-refractivity contribution in [2.24, 2.45) is 71.0 Å². The highest BCUT2D eigenvalue weighted by atomic mass is 16.3. The number of aliphatic hydroxyl groups is 1. The number of rotatable bonds is 0. The molecule has 0 aromatic carbocycles. The van der Waals surface area contributed by atoms with E-state index in [9.17, 15) is 5.11 Å². The zero-order chi connectivity index (χ0) is 17.0. The van der Waals surface area contributed by atoms with Crippen molar-refractivity contribution in [3.63, 3.8) is 0 Å². The molecule has 0 spiro atoms. The molecule has 0 heterocycles. The first-order valence-corrected chi connectivity index (χ1v) is 12.5. The lowest BCUT2D eigenvalue weighted by Gasteiger charge is -2.69. The molecule has 0 aromatic heterocycles. The summed E-state index contributed by atoms with van der Waals surface area (Å²) in [5.41, 5.74) is 0. The van der Waals surface area contributed by atoms with Gasteiger partial charge in [-0.25, -0.2) is 0 Å². The molecule has 7 rings (SSSR count). The fourth-order valence-electron chi connectivity index (χ4n) is 11.3. The van der Waals surface area contributed by atoms with Crippen molar-refractivity contribution in [1.29, 1.82) is 0 Å². The topological polar surface area (TPSA) is 20.2 Å². The second kappa shape index (κ2) is 5.52. The summed E-state index contributed by atoms with van der Waals surface area (Å²) in [5.74, 6) is 12.6. The molecule has 7 saturated carbocycles. The molecule has 7 fully saturated rings. The van der Waals surface area contributed by atoms with Crippen LogP contribution in [0.1, 0.15) is 77.0 Å². The Morgan fingerprint density at radius 1 is 0.346 bits per heavy atom. The third-order valence-corrected chi connectivity index (χ3v) is 11.6. The molecule has 144 valence electrons.